The summed E-state index contributed by atoms with van der Waals surface area (Å²) in [5.74, 6) is 0.583. The molecule has 0 radical (unpaired) electrons. The van der Waals surface area contributed by atoms with Crippen LogP contribution in [-0.4, -0.2) is 60.1 Å². The molecule has 1 amide bonds. The van der Waals surface area contributed by atoms with Crippen LogP contribution in [0.15, 0.2) is 24.3 Å². The van der Waals surface area contributed by atoms with Crippen molar-refractivity contribution in [1.29, 1.82) is 0 Å². The predicted molar refractivity (Wildman–Crippen MR) is 103 cm³/mol. The summed E-state index contributed by atoms with van der Waals surface area (Å²) in [6.07, 6.45) is 1.88. The molecule has 0 aliphatic carbocycles. The average Bonchev–Trinajstić information content (AvgIpc) is 2.49. The monoisotopic (exact) mass is 377 g/mol. The SMILES string of the molecule is CC(O)CN1CCC(CN(C)C(=O)c2ccc(N)cc2)CC1.Cl.Cl. The van der Waals surface area contributed by atoms with Crippen molar-refractivity contribution in [2.24, 2.45) is 5.92 Å². The van der Waals surface area contributed by atoms with Gasteiger partial charge in [0.05, 0.1) is 6.10 Å². The van der Waals surface area contributed by atoms with Gasteiger partial charge in [-0.05, 0) is 63.0 Å². The van der Waals surface area contributed by atoms with Gasteiger partial charge in [-0.2, -0.15) is 0 Å². The number of β-amino-alcohol motifs (C(OH)–C–C–N with tert-alkyl or cyclic N) is 1. The molecule has 5 nitrogen and oxygen atoms in total. The number of rotatable bonds is 5. The van der Waals surface area contributed by atoms with Gasteiger partial charge in [-0.15, -0.1) is 24.8 Å². The number of nitrogen functional groups attached to an aromatic ring is 1. The van der Waals surface area contributed by atoms with E-state index in [0.717, 1.165) is 39.0 Å². The van der Waals surface area contributed by atoms with Gasteiger partial charge in [0, 0.05) is 31.4 Å². The Hall–Kier alpha value is -1.01. The summed E-state index contributed by atoms with van der Waals surface area (Å²) in [4.78, 5) is 16.5. The minimum absolute atomic E-state index is 0. The van der Waals surface area contributed by atoms with Crippen molar-refractivity contribution in [3.63, 3.8) is 0 Å². The Morgan fingerprint density at radius 1 is 1.29 bits per heavy atom. The van der Waals surface area contributed by atoms with Crippen LogP contribution in [0.2, 0.25) is 0 Å². The number of hydrogen-bond donors (Lipinski definition) is 2. The Labute approximate surface area is 157 Å². The van der Waals surface area contributed by atoms with E-state index in [2.05, 4.69) is 4.90 Å². The third-order valence-corrected chi connectivity index (χ3v) is 4.27. The lowest BCUT2D eigenvalue weighted by molar-refractivity contribution is 0.0703. The molecule has 0 aromatic heterocycles. The van der Waals surface area contributed by atoms with Crippen LogP contribution in [0.1, 0.15) is 30.1 Å². The van der Waals surface area contributed by atoms with Crippen LogP contribution in [0.5, 0.6) is 0 Å². The number of aliphatic hydroxyl groups excluding tert-OH is 1. The third kappa shape index (κ3) is 6.85. The van der Waals surface area contributed by atoms with Crippen molar-refractivity contribution in [3.05, 3.63) is 29.8 Å². The van der Waals surface area contributed by atoms with E-state index in [-0.39, 0.29) is 36.8 Å². The second kappa shape index (κ2) is 10.8. The maximum atomic E-state index is 12.4. The number of anilines is 1. The zero-order valence-corrected chi connectivity index (χ0v) is 16.0. The summed E-state index contributed by atoms with van der Waals surface area (Å²) in [6.45, 7) is 5.35. The fourth-order valence-electron chi connectivity index (χ4n) is 3.04. The first-order chi connectivity index (χ1) is 10.5. The van der Waals surface area contributed by atoms with Crippen LogP contribution in [-0.2, 0) is 0 Å². The quantitative estimate of drug-likeness (QED) is 0.772. The molecule has 1 aliphatic heterocycles. The van der Waals surface area contributed by atoms with Crippen molar-refractivity contribution in [2.45, 2.75) is 25.9 Å². The molecule has 1 aromatic carbocycles. The Morgan fingerprint density at radius 3 is 2.33 bits per heavy atom. The molecule has 1 fully saturated rings. The molecule has 1 atom stereocenters. The molecular formula is C17H29Cl2N3O2. The van der Waals surface area contributed by atoms with Gasteiger partial charge in [-0.25, -0.2) is 0 Å². The third-order valence-electron chi connectivity index (χ3n) is 4.27. The maximum Gasteiger partial charge on any atom is 0.253 e. The number of halogens is 2. The minimum atomic E-state index is -0.272. The number of benzene rings is 1. The second-order valence-electron chi connectivity index (χ2n) is 6.40. The Morgan fingerprint density at radius 2 is 1.83 bits per heavy atom. The lowest BCUT2D eigenvalue weighted by Gasteiger charge is -2.34. The first-order valence-electron chi connectivity index (χ1n) is 7.97. The van der Waals surface area contributed by atoms with Crippen LogP contribution in [0, 0.1) is 5.92 Å². The topological polar surface area (TPSA) is 69.8 Å². The summed E-state index contributed by atoms with van der Waals surface area (Å²) in [5, 5.41) is 9.43. The molecule has 1 aliphatic rings. The molecule has 0 saturated carbocycles. The number of amides is 1. The number of likely N-dealkylation sites (tertiary alicyclic amines) is 1. The Kier molecular flexibility index (Phi) is 10.3. The van der Waals surface area contributed by atoms with Gasteiger partial charge in [0.25, 0.3) is 5.91 Å². The number of carbonyl (C=O) groups is 1. The Balaban J connectivity index is 0.00000264. The van der Waals surface area contributed by atoms with Crippen molar-refractivity contribution in [1.82, 2.24) is 9.80 Å². The fraction of sp³-hybridized carbons (Fsp3) is 0.588. The molecule has 138 valence electrons. The smallest absolute Gasteiger partial charge is 0.253 e. The lowest BCUT2D eigenvalue weighted by Crippen LogP contribution is -2.41. The van der Waals surface area contributed by atoms with Crippen molar-refractivity contribution >= 4 is 36.4 Å². The molecule has 0 bridgehead atoms. The summed E-state index contributed by atoms with van der Waals surface area (Å²) < 4.78 is 0. The van der Waals surface area contributed by atoms with Crippen molar-refractivity contribution < 1.29 is 9.90 Å². The normalized spacial score (nSPS) is 16.6. The number of aliphatic hydroxyl groups is 1. The van der Waals surface area contributed by atoms with Crippen LogP contribution in [0.4, 0.5) is 5.69 Å². The van der Waals surface area contributed by atoms with Crippen molar-refractivity contribution in [2.75, 3.05) is 39.0 Å². The largest absolute Gasteiger partial charge is 0.399 e. The van der Waals surface area contributed by atoms with E-state index in [1.807, 2.05) is 14.0 Å². The van der Waals surface area contributed by atoms with E-state index < -0.39 is 0 Å². The number of hydrogen-bond acceptors (Lipinski definition) is 4. The first-order valence-corrected chi connectivity index (χ1v) is 7.97. The van der Waals surface area contributed by atoms with E-state index in [0.29, 0.717) is 17.2 Å². The first kappa shape index (κ1) is 23.0. The van der Waals surface area contributed by atoms with E-state index in [9.17, 15) is 9.90 Å². The second-order valence-corrected chi connectivity index (χ2v) is 6.40. The molecule has 7 heteroatoms. The zero-order valence-electron chi connectivity index (χ0n) is 14.4. The standard InChI is InChI=1S/C17H27N3O2.2ClH/c1-13(21)11-20-9-7-14(8-10-20)12-19(2)17(22)15-3-5-16(18)6-4-15;;/h3-6,13-14,21H,7-12,18H2,1-2H3;2*1H. The van der Waals surface area contributed by atoms with E-state index in [1.165, 1.54) is 0 Å². The predicted octanol–water partition coefficient (Wildman–Crippen LogP) is 2.28. The molecule has 1 heterocycles. The minimum Gasteiger partial charge on any atom is -0.399 e. The number of carbonyl (C=O) groups excluding carboxylic acids is 1. The van der Waals surface area contributed by atoms with E-state index in [1.54, 1.807) is 29.2 Å². The highest BCUT2D eigenvalue weighted by molar-refractivity contribution is 5.94. The van der Waals surface area contributed by atoms with Gasteiger partial charge in [0.1, 0.15) is 0 Å². The van der Waals surface area contributed by atoms with Gasteiger partial charge >= 0.3 is 0 Å². The number of nitrogens with zero attached hydrogens (tertiary/aromatic N) is 2. The van der Waals surface area contributed by atoms with Gasteiger partial charge in [0.15, 0.2) is 0 Å². The summed E-state index contributed by atoms with van der Waals surface area (Å²) in [6, 6.07) is 7.07. The molecule has 1 aromatic rings. The summed E-state index contributed by atoms with van der Waals surface area (Å²) >= 11 is 0. The highest BCUT2D eigenvalue weighted by atomic mass is 35.5. The number of nitrogens with two attached hydrogens (primary N) is 1. The van der Waals surface area contributed by atoms with E-state index >= 15 is 0 Å². The van der Waals surface area contributed by atoms with Gasteiger partial charge < -0.3 is 20.6 Å². The zero-order chi connectivity index (χ0) is 16.1. The van der Waals surface area contributed by atoms with Crippen LogP contribution in [0.3, 0.4) is 0 Å². The molecule has 0 spiro atoms. The number of piperidine rings is 1. The van der Waals surface area contributed by atoms with Crippen LogP contribution in [0.25, 0.3) is 0 Å². The molecular weight excluding hydrogens is 349 g/mol. The van der Waals surface area contributed by atoms with E-state index in [4.69, 9.17) is 5.73 Å². The van der Waals surface area contributed by atoms with Gasteiger partial charge in [-0.1, -0.05) is 0 Å². The molecule has 3 N–H and O–H groups in total. The van der Waals surface area contributed by atoms with Gasteiger partial charge in [-0.3, -0.25) is 4.79 Å². The molecule has 24 heavy (non-hydrogen) atoms. The average molecular weight is 378 g/mol. The summed E-state index contributed by atoms with van der Waals surface area (Å²) in [5.41, 5.74) is 7.01. The molecule has 2 rings (SSSR count). The van der Waals surface area contributed by atoms with Crippen LogP contribution >= 0.6 is 24.8 Å². The van der Waals surface area contributed by atoms with Gasteiger partial charge in [0.2, 0.25) is 0 Å². The summed E-state index contributed by atoms with van der Waals surface area (Å²) in [7, 11) is 1.86. The highest BCUT2D eigenvalue weighted by Gasteiger charge is 2.23. The highest BCUT2D eigenvalue weighted by Crippen LogP contribution is 2.19. The molecule has 1 unspecified atom stereocenters. The lowest BCUT2D eigenvalue weighted by atomic mass is 9.96. The van der Waals surface area contributed by atoms with Crippen LogP contribution < -0.4 is 5.73 Å². The maximum absolute atomic E-state index is 12.4. The molecule has 1 saturated heterocycles. The Bertz CT molecular complexity index is 489. The fourth-order valence-corrected chi connectivity index (χ4v) is 3.04. The van der Waals surface area contributed by atoms with Crippen molar-refractivity contribution in [3.8, 4) is 0 Å².